The van der Waals surface area contributed by atoms with Gasteiger partial charge in [-0.15, -0.1) is 33.8 Å². The molecule has 0 N–H and O–H groups in total. The van der Waals surface area contributed by atoms with Crippen molar-refractivity contribution < 1.29 is 0 Å². The highest BCUT2D eigenvalue weighted by Crippen LogP contribution is 2.22. The average molecular weight is 351 g/mol. The molecule has 0 aromatic heterocycles. The van der Waals surface area contributed by atoms with E-state index in [1.807, 2.05) is 24.3 Å². The Morgan fingerprint density at radius 3 is 2.00 bits per heavy atom. The first kappa shape index (κ1) is 11.1. The van der Waals surface area contributed by atoms with Gasteiger partial charge >= 0.3 is 4.19 Å². The smallest absolute Gasteiger partial charge is 0.127 e. The number of alkyl halides is 1. The maximum atomic E-state index is 6.01. The van der Waals surface area contributed by atoms with Crippen molar-refractivity contribution in [2.45, 2.75) is 5.88 Å². The molecule has 0 nitrogen and oxygen atoms in total. The molecule has 0 heterocycles. The molecule has 0 aliphatic heterocycles. The molecule has 12 heavy (non-hydrogen) atoms. The predicted molar refractivity (Wildman–Crippen MR) is 67.1 cm³/mol. The van der Waals surface area contributed by atoms with Crippen LogP contribution in [0.15, 0.2) is 24.3 Å². The summed E-state index contributed by atoms with van der Waals surface area (Å²) in [4.78, 5) is 0. The predicted octanol–water partition coefficient (Wildman–Crippen LogP) is 3.48. The first-order valence-corrected chi connectivity index (χ1v) is 10.9. The van der Waals surface area contributed by atoms with Crippen molar-refractivity contribution in [2.24, 2.45) is 0 Å². The third-order valence-electron chi connectivity index (χ3n) is 1.44. The van der Waals surface area contributed by atoms with Crippen LogP contribution in [0.3, 0.4) is 0 Å². The van der Waals surface area contributed by atoms with Gasteiger partial charge in [0.05, 0.1) is 0 Å². The second kappa shape index (κ2) is 4.51. The van der Waals surface area contributed by atoms with Gasteiger partial charge in [0, 0.05) is 5.88 Å². The van der Waals surface area contributed by atoms with Gasteiger partial charge in [-0.05, 0) is 10.8 Å². The standard InChI is InChI=1S/C7H6Cl3ISi/c8-5-6-1-3-7(4-2-6)12(9,10)11/h1-4H,5H2. The maximum absolute atomic E-state index is 6.01. The Labute approximate surface area is 99.8 Å². The van der Waals surface area contributed by atoms with Crippen molar-refractivity contribution in [2.75, 3.05) is 0 Å². The van der Waals surface area contributed by atoms with Crippen LogP contribution in [0.4, 0.5) is 0 Å². The molecule has 1 rings (SSSR count). The highest BCUT2D eigenvalue weighted by molar-refractivity contribution is 14.1. The third kappa shape index (κ3) is 3.07. The highest BCUT2D eigenvalue weighted by atomic mass is 127. The van der Waals surface area contributed by atoms with Crippen LogP contribution in [0, 0.1) is 0 Å². The first-order chi connectivity index (χ1) is 5.54. The average Bonchev–Trinajstić information content (AvgIpc) is 2.03. The first-order valence-electron chi connectivity index (χ1n) is 3.26. The van der Waals surface area contributed by atoms with E-state index in [0.717, 1.165) is 10.8 Å². The number of benzene rings is 1. The van der Waals surface area contributed by atoms with E-state index in [2.05, 4.69) is 21.8 Å². The van der Waals surface area contributed by atoms with Crippen molar-refractivity contribution in [1.82, 2.24) is 0 Å². The number of hydrogen-bond acceptors (Lipinski definition) is 0. The molecule has 0 fully saturated rings. The SMILES string of the molecule is ClCc1ccc([Si](Cl)(Cl)I)cc1. The molecule has 0 bridgehead atoms. The normalized spacial score (nSPS) is 11.7. The summed E-state index contributed by atoms with van der Waals surface area (Å²) in [5.41, 5.74) is 1.09. The van der Waals surface area contributed by atoms with Gasteiger partial charge in [-0.2, -0.15) is 0 Å². The number of rotatable bonds is 2. The minimum absolute atomic E-state index is 0.528. The lowest BCUT2D eigenvalue weighted by atomic mass is 10.2. The summed E-state index contributed by atoms with van der Waals surface area (Å²) < 4.78 is -2.20. The Morgan fingerprint density at radius 2 is 1.67 bits per heavy atom. The molecule has 0 radical (unpaired) electrons. The lowest BCUT2D eigenvalue weighted by Gasteiger charge is -2.08. The largest absolute Gasteiger partial charge is 0.342 e. The monoisotopic (exact) mass is 350 g/mol. The molecule has 0 unspecified atom stereocenters. The van der Waals surface area contributed by atoms with Gasteiger partial charge in [-0.25, -0.2) is 0 Å². The van der Waals surface area contributed by atoms with E-state index in [4.69, 9.17) is 33.8 Å². The van der Waals surface area contributed by atoms with E-state index in [9.17, 15) is 0 Å². The van der Waals surface area contributed by atoms with Crippen LogP contribution in [-0.4, -0.2) is 4.19 Å². The Morgan fingerprint density at radius 1 is 1.17 bits per heavy atom. The van der Waals surface area contributed by atoms with E-state index in [-0.39, 0.29) is 0 Å². The maximum Gasteiger partial charge on any atom is 0.342 e. The fourth-order valence-electron chi connectivity index (χ4n) is 0.783. The minimum atomic E-state index is -2.20. The lowest BCUT2D eigenvalue weighted by Crippen LogP contribution is -2.28. The van der Waals surface area contributed by atoms with Gasteiger partial charge in [0.25, 0.3) is 0 Å². The summed E-state index contributed by atoms with van der Waals surface area (Å²) >= 11 is 19.8. The van der Waals surface area contributed by atoms with Gasteiger partial charge in [0.1, 0.15) is 0 Å². The van der Waals surface area contributed by atoms with Crippen molar-refractivity contribution in [3.63, 3.8) is 0 Å². The number of halogens is 4. The van der Waals surface area contributed by atoms with E-state index in [1.165, 1.54) is 0 Å². The molecule has 1 aromatic rings. The summed E-state index contributed by atoms with van der Waals surface area (Å²) in [6, 6.07) is 7.79. The van der Waals surface area contributed by atoms with Crippen LogP contribution in [-0.2, 0) is 5.88 Å². The van der Waals surface area contributed by atoms with Gasteiger partial charge in [0.2, 0.25) is 0 Å². The molecule has 0 amide bonds. The topological polar surface area (TPSA) is 0 Å². The van der Waals surface area contributed by atoms with Crippen molar-refractivity contribution in [3.8, 4) is 0 Å². The Hall–Kier alpha value is 1.04. The molecule has 0 atom stereocenters. The van der Waals surface area contributed by atoms with Crippen LogP contribution in [0.1, 0.15) is 5.56 Å². The van der Waals surface area contributed by atoms with Crippen LogP contribution >= 0.6 is 55.6 Å². The lowest BCUT2D eigenvalue weighted by molar-refractivity contribution is 1.41. The van der Waals surface area contributed by atoms with Crippen molar-refractivity contribution >= 4 is 64.9 Å². The Kier molecular flexibility index (Phi) is 4.17. The Balaban J connectivity index is 2.93. The van der Waals surface area contributed by atoms with E-state index in [0.29, 0.717) is 5.88 Å². The third-order valence-corrected chi connectivity index (χ3v) is 5.91. The molecule has 5 heteroatoms. The van der Waals surface area contributed by atoms with E-state index >= 15 is 0 Å². The Bertz CT molecular complexity index is 254. The molecule has 0 saturated carbocycles. The van der Waals surface area contributed by atoms with Crippen LogP contribution in [0.2, 0.25) is 0 Å². The van der Waals surface area contributed by atoms with E-state index < -0.39 is 4.19 Å². The summed E-state index contributed by atoms with van der Waals surface area (Å²) in [7, 11) is 0. The quantitative estimate of drug-likeness (QED) is 0.331. The zero-order valence-corrected chi connectivity index (χ0v) is 11.5. The molecular formula is C7H6Cl3ISi. The highest BCUT2D eigenvalue weighted by Gasteiger charge is 2.26. The molecule has 66 valence electrons. The second-order valence-electron chi connectivity index (χ2n) is 2.33. The van der Waals surface area contributed by atoms with Crippen LogP contribution < -0.4 is 5.19 Å². The summed E-state index contributed by atoms with van der Waals surface area (Å²) in [5.74, 6) is 0.528. The van der Waals surface area contributed by atoms with Crippen LogP contribution in [0.5, 0.6) is 0 Å². The molecular weight excluding hydrogens is 345 g/mol. The number of hydrogen-bond donors (Lipinski definition) is 0. The summed E-state index contributed by atoms with van der Waals surface area (Å²) in [6.45, 7) is 0. The zero-order chi connectivity index (χ0) is 9.19. The molecule has 0 aliphatic carbocycles. The molecule has 0 saturated heterocycles. The molecule has 0 spiro atoms. The molecule has 0 aliphatic rings. The fraction of sp³-hybridized carbons (Fsp3) is 0.143. The van der Waals surface area contributed by atoms with Crippen LogP contribution in [0.25, 0.3) is 0 Å². The van der Waals surface area contributed by atoms with E-state index in [1.54, 1.807) is 0 Å². The molecule has 1 aromatic carbocycles. The summed E-state index contributed by atoms with van der Waals surface area (Å²) in [6.07, 6.45) is 0. The zero-order valence-electron chi connectivity index (χ0n) is 6.03. The van der Waals surface area contributed by atoms with Gasteiger partial charge < -0.3 is 0 Å². The minimum Gasteiger partial charge on any atom is -0.127 e. The van der Waals surface area contributed by atoms with Crippen molar-refractivity contribution in [3.05, 3.63) is 29.8 Å². The van der Waals surface area contributed by atoms with Crippen molar-refractivity contribution in [1.29, 1.82) is 0 Å². The fourth-order valence-corrected chi connectivity index (χ4v) is 3.34. The second-order valence-corrected chi connectivity index (χ2v) is 16.8. The van der Waals surface area contributed by atoms with Gasteiger partial charge in [-0.3, -0.25) is 0 Å². The van der Waals surface area contributed by atoms with Gasteiger partial charge in [0.15, 0.2) is 0 Å². The van der Waals surface area contributed by atoms with Gasteiger partial charge in [-0.1, -0.05) is 46.1 Å². The summed E-state index contributed by atoms with van der Waals surface area (Å²) in [5, 5.41) is 1.01.